The number of hydrogen-bond acceptors (Lipinski definition) is 3. The first-order chi connectivity index (χ1) is 13.6. The normalized spacial score (nSPS) is 13.3. The van der Waals surface area contributed by atoms with E-state index in [1.807, 2.05) is 23.1 Å². The van der Waals surface area contributed by atoms with Gasteiger partial charge in [-0.2, -0.15) is 0 Å². The molecule has 0 saturated carbocycles. The molecule has 4 nitrogen and oxygen atoms in total. The maximum Gasteiger partial charge on any atom is 0.223 e. The van der Waals surface area contributed by atoms with E-state index in [2.05, 4.69) is 6.07 Å². The number of methoxy groups -OCH3 is 1. The Morgan fingerprint density at radius 2 is 2.00 bits per heavy atom. The highest BCUT2D eigenvalue weighted by Crippen LogP contribution is 2.26. The van der Waals surface area contributed by atoms with Crippen LogP contribution in [-0.2, 0) is 24.2 Å². The van der Waals surface area contributed by atoms with Gasteiger partial charge in [-0.05, 0) is 53.9 Å². The molecular weight excluding hydrogens is 357 g/mol. The number of hydrogen-bond donors (Lipinski definition) is 0. The summed E-state index contributed by atoms with van der Waals surface area (Å²) in [4.78, 5) is 14.5. The largest absolute Gasteiger partial charge is 0.497 e. The average molecular weight is 379 g/mol. The summed E-state index contributed by atoms with van der Waals surface area (Å²) in [6, 6.07) is 16.1. The van der Waals surface area contributed by atoms with Crippen LogP contribution in [0.5, 0.6) is 5.75 Å². The van der Waals surface area contributed by atoms with Crippen molar-refractivity contribution in [1.82, 2.24) is 4.90 Å². The monoisotopic (exact) mass is 379 g/mol. The van der Waals surface area contributed by atoms with E-state index in [0.29, 0.717) is 36.5 Å². The summed E-state index contributed by atoms with van der Waals surface area (Å²) in [5.74, 6) is 1.76. The van der Waals surface area contributed by atoms with E-state index in [4.69, 9.17) is 9.15 Å². The third kappa shape index (κ3) is 3.79. The van der Waals surface area contributed by atoms with Gasteiger partial charge in [0.25, 0.3) is 0 Å². The lowest BCUT2D eigenvalue weighted by atomic mass is 9.99. The summed E-state index contributed by atoms with van der Waals surface area (Å²) in [6.45, 7) is 1.32. The third-order valence-corrected chi connectivity index (χ3v) is 5.16. The molecule has 1 aliphatic rings. The molecule has 2 aromatic carbocycles. The van der Waals surface area contributed by atoms with Crippen LogP contribution in [-0.4, -0.2) is 24.5 Å². The summed E-state index contributed by atoms with van der Waals surface area (Å²) < 4.78 is 24.9. The van der Waals surface area contributed by atoms with Gasteiger partial charge in [0.1, 0.15) is 23.1 Å². The first-order valence-corrected chi connectivity index (χ1v) is 9.41. The van der Waals surface area contributed by atoms with Crippen molar-refractivity contribution < 1.29 is 18.3 Å². The number of carbonyl (C=O) groups excluding carboxylic acids is 1. The van der Waals surface area contributed by atoms with Crippen LogP contribution in [0.1, 0.15) is 23.3 Å². The minimum absolute atomic E-state index is 0.0947. The molecule has 28 heavy (non-hydrogen) atoms. The lowest BCUT2D eigenvalue weighted by Gasteiger charge is -2.29. The van der Waals surface area contributed by atoms with Gasteiger partial charge in [0.05, 0.1) is 12.7 Å². The van der Waals surface area contributed by atoms with Gasteiger partial charge in [-0.15, -0.1) is 0 Å². The van der Waals surface area contributed by atoms with Gasteiger partial charge >= 0.3 is 0 Å². The Morgan fingerprint density at radius 1 is 1.14 bits per heavy atom. The molecular formula is C23H22FNO3. The fraction of sp³-hybridized carbons (Fsp3) is 0.261. The van der Waals surface area contributed by atoms with Gasteiger partial charge in [-0.3, -0.25) is 4.79 Å². The second-order valence-corrected chi connectivity index (χ2v) is 6.95. The maximum atomic E-state index is 13.9. The summed E-state index contributed by atoms with van der Waals surface area (Å²) in [6.07, 6.45) is 1.71. The van der Waals surface area contributed by atoms with Gasteiger partial charge in [0.15, 0.2) is 0 Å². The molecule has 0 aliphatic carbocycles. The van der Waals surface area contributed by atoms with Crippen LogP contribution >= 0.6 is 0 Å². The number of nitrogens with zero attached hydrogens (tertiary/aromatic N) is 1. The zero-order chi connectivity index (χ0) is 19.5. The van der Waals surface area contributed by atoms with Crippen molar-refractivity contribution in [2.24, 2.45) is 0 Å². The van der Waals surface area contributed by atoms with Gasteiger partial charge < -0.3 is 14.1 Å². The van der Waals surface area contributed by atoms with Crippen LogP contribution in [0.25, 0.3) is 11.3 Å². The van der Waals surface area contributed by atoms with Crippen LogP contribution in [0.2, 0.25) is 0 Å². The molecule has 3 aromatic rings. The zero-order valence-electron chi connectivity index (χ0n) is 15.8. The molecule has 2 heterocycles. The second-order valence-electron chi connectivity index (χ2n) is 6.95. The number of halogens is 1. The zero-order valence-corrected chi connectivity index (χ0v) is 15.8. The number of amides is 1. The number of benzene rings is 2. The topological polar surface area (TPSA) is 42.7 Å². The molecule has 0 fully saturated rings. The molecule has 0 spiro atoms. The number of fused-ring (bicyclic) bond motifs is 1. The molecule has 0 bridgehead atoms. The Labute approximate surface area is 163 Å². The number of rotatable bonds is 5. The van der Waals surface area contributed by atoms with Gasteiger partial charge in [0, 0.05) is 25.9 Å². The highest BCUT2D eigenvalue weighted by atomic mass is 19.1. The van der Waals surface area contributed by atoms with E-state index < -0.39 is 0 Å². The Hall–Kier alpha value is -3.08. The Morgan fingerprint density at radius 3 is 2.82 bits per heavy atom. The maximum absolute atomic E-state index is 13.9. The Kier molecular flexibility index (Phi) is 5.15. The minimum Gasteiger partial charge on any atom is -0.497 e. The van der Waals surface area contributed by atoms with E-state index in [0.717, 1.165) is 24.3 Å². The van der Waals surface area contributed by atoms with Crippen molar-refractivity contribution in [3.63, 3.8) is 0 Å². The van der Waals surface area contributed by atoms with Gasteiger partial charge in [-0.1, -0.05) is 18.2 Å². The fourth-order valence-corrected chi connectivity index (χ4v) is 3.58. The van der Waals surface area contributed by atoms with Crippen molar-refractivity contribution >= 4 is 5.91 Å². The lowest BCUT2D eigenvalue weighted by molar-refractivity contribution is -0.132. The minimum atomic E-state index is -0.318. The predicted octanol–water partition coefficient (Wildman–Crippen LogP) is 4.61. The fourth-order valence-electron chi connectivity index (χ4n) is 3.58. The Balaban J connectivity index is 1.38. The van der Waals surface area contributed by atoms with Crippen LogP contribution < -0.4 is 4.74 Å². The van der Waals surface area contributed by atoms with Crippen molar-refractivity contribution in [1.29, 1.82) is 0 Å². The highest BCUT2D eigenvalue weighted by Gasteiger charge is 2.21. The van der Waals surface area contributed by atoms with Crippen LogP contribution in [0.4, 0.5) is 4.39 Å². The molecule has 0 N–H and O–H groups in total. The van der Waals surface area contributed by atoms with Crippen LogP contribution in [0, 0.1) is 5.82 Å². The molecule has 0 unspecified atom stereocenters. The molecule has 1 aromatic heterocycles. The number of ether oxygens (including phenoxy) is 1. The molecule has 4 rings (SSSR count). The summed E-state index contributed by atoms with van der Waals surface area (Å²) >= 11 is 0. The van der Waals surface area contributed by atoms with Crippen molar-refractivity contribution in [3.05, 3.63) is 77.3 Å². The lowest BCUT2D eigenvalue weighted by Crippen LogP contribution is -2.36. The smallest absolute Gasteiger partial charge is 0.223 e. The average Bonchev–Trinajstić information content (AvgIpc) is 3.20. The molecule has 144 valence electrons. The van der Waals surface area contributed by atoms with Crippen molar-refractivity contribution in [2.75, 3.05) is 13.7 Å². The summed E-state index contributed by atoms with van der Waals surface area (Å²) in [5, 5.41) is 0. The Bertz CT molecular complexity index is 995. The molecule has 1 amide bonds. The van der Waals surface area contributed by atoms with Crippen molar-refractivity contribution in [3.8, 4) is 17.1 Å². The van der Waals surface area contributed by atoms with E-state index in [1.54, 1.807) is 31.4 Å². The third-order valence-electron chi connectivity index (χ3n) is 5.16. The molecule has 0 saturated heterocycles. The van der Waals surface area contributed by atoms with Gasteiger partial charge in [0.2, 0.25) is 5.91 Å². The highest BCUT2D eigenvalue weighted by molar-refractivity contribution is 5.76. The van der Waals surface area contributed by atoms with Crippen LogP contribution in [0.3, 0.4) is 0 Å². The van der Waals surface area contributed by atoms with E-state index in [1.165, 1.54) is 11.6 Å². The van der Waals surface area contributed by atoms with Crippen LogP contribution in [0.15, 0.2) is 59.0 Å². The first kappa shape index (κ1) is 18.3. The second kappa shape index (κ2) is 7.89. The van der Waals surface area contributed by atoms with Gasteiger partial charge in [-0.25, -0.2) is 4.39 Å². The first-order valence-electron chi connectivity index (χ1n) is 9.41. The molecule has 1 aliphatic heterocycles. The summed E-state index contributed by atoms with van der Waals surface area (Å²) in [5.41, 5.74) is 2.84. The molecule has 0 atom stereocenters. The quantitative estimate of drug-likeness (QED) is 0.650. The summed E-state index contributed by atoms with van der Waals surface area (Å²) in [7, 11) is 1.65. The van der Waals surface area contributed by atoms with E-state index >= 15 is 0 Å². The molecule has 0 radical (unpaired) electrons. The number of carbonyl (C=O) groups is 1. The SMILES string of the molecule is COc1ccc2c(c1)CN(C(=O)CCc1ccc(-c3ccccc3F)o1)CC2. The van der Waals surface area contributed by atoms with E-state index in [-0.39, 0.29) is 11.7 Å². The number of aryl methyl sites for hydroxylation is 1. The van der Waals surface area contributed by atoms with E-state index in [9.17, 15) is 9.18 Å². The standard InChI is InChI=1S/C23H22FNO3/c1-27-19-7-6-16-12-13-25(15-17(16)14-19)23(26)11-9-18-8-10-22(28-18)20-4-2-3-5-21(20)24/h2-8,10,14H,9,11-13,15H2,1H3. The molecule has 5 heteroatoms. The predicted molar refractivity (Wildman–Crippen MR) is 105 cm³/mol. The number of furan rings is 1. The van der Waals surface area contributed by atoms with Crippen molar-refractivity contribution in [2.45, 2.75) is 25.8 Å².